The van der Waals surface area contributed by atoms with Gasteiger partial charge in [-0.2, -0.15) is 0 Å². The van der Waals surface area contributed by atoms with Crippen molar-refractivity contribution in [1.29, 1.82) is 0 Å². The average Bonchev–Trinajstić information content (AvgIpc) is 2.69. The van der Waals surface area contributed by atoms with Gasteiger partial charge in [0.05, 0.1) is 13.7 Å². The monoisotopic (exact) mass is 390 g/mol. The number of nitrogens with zero attached hydrogens (tertiary/aromatic N) is 2. The van der Waals surface area contributed by atoms with Gasteiger partial charge >= 0.3 is 5.69 Å². The lowest BCUT2D eigenvalue weighted by atomic mass is 10.1. The van der Waals surface area contributed by atoms with Crippen molar-refractivity contribution in [2.24, 2.45) is 0 Å². The summed E-state index contributed by atoms with van der Waals surface area (Å²) in [6, 6.07) is 6.49. The highest BCUT2D eigenvalue weighted by molar-refractivity contribution is 6.07. The lowest BCUT2D eigenvalue weighted by molar-refractivity contribution is 0.0975. The van der Waals surface area contributed by atoms with Crippen molar-refractivity contribution in [1.82, 2.24) is 9.55 Å². The van der Waals surface area contributed by atoms with Crippen molar-refractivity contribution in [3.63, 3.8) is 0 Å². The first-order valence-corrected chi connectivity index (χ1v) is 9.02. The van der Waals surface area contributed by atoms with Gasteiger partial charge in [-0.25, -0.2) is 4.79 Å². The maximum absolute atomic E-state index is 13.1. The van der Waals surface area contributed by atoms with Gasteiger partial charge in [-0.3, -0.25) is 24.0 Å². The fourth-order valence-corrected chi connectivity index (χ4v) is 2.76. The first kappa shape index (κ1) is 21.2. The molecule has 0 bridgehead atoms. The van der Waals surface area contributed by atoms with Gasteiger partial charge in [0.1, 0.15) is 11.6 Å². The van der Waals surface area contributed by atoms with Gasteiger partial charge in [0, 0.05) is 25.8 Å². The van der Waals surface area contributed by atoms with Crippen molar-refractivity contribution < 1.29 is 14.3 Å². The van der Waals surface area contributed by atoms with Crippen LogP contribution >= 0.6 is 0 Å². The third-order valence-corrected chi connectivity index (χ3v) is 4.32. The lowest BCUT2D eigenvalue weighted by Gasteiger charge is -2.24. The molecule has 1 heterocycles. The topological polar surface area (TPSA) is 120 Å². The summed E-state index contributed by atoms with van der Waals surface area (Å²) in [6.45, 7) is 2.61. The molecule has 0 aliphatic rings. The summed E-state index contributed by atoms with van der Waals surface area (Å²) in [5.41, 5.74) is 5.13. The molecule has 2 rings (SSSR count). The number of nitrogen functional groups attached to an aromatic ring is 1. The van der Waals surface area contributed by atoms with Crippen molar-refractivity contribution in [3.8, 4) is 5.75 Å². The fourth-order valence-electron chi connectivity index (χ4n) is 2.76. The van der Waals surface area contributed by atoms with E-state index in [1.165, 1.54) is 23.7 Å². The van der Waals surface area contributed by atoms with Crippen LogP contribution < -0.4 is 26.6 Å². The third kappa shape index (κ3) is 4.61. The number of rotatable bonds is 9. The van der Waals surface area contributed by atoms with E-state index in [9.17, 15) is 14.4 Å². The molecule has 0 fully saturated rings. The number of aromatic nitrogens is 2. The van der Waals surface area contributed by atoms with Gasteiger partial charge < -0.3 is 15.2 Å². The molecule has 0 unspecified atom stereocenters. The second-order valence-corrected chi connectivity index (χ2v) is 6.18. The minimum Gasteiger partial charge on any atom is -0.497 e. The zero-order chi connectivity index (χ0) is 20.7. The molecule has 0 aliphatic heterocycles. The van der Waals surface area contributed by atoms with Crippen molar-refractivity contribution in [2.75, 3.05) is 38.0 Å². The average molecular weight is 390 g/mol. The Morgan fingerprint density at radius 3 is 2.46 bits per heavy atom. The molecule has 2 aromatic rings. The standard InChI is InChI=1S/C19H26N4O5/c1-4-5-10-23-16(20)15(17(24)21-19(23)26)22(11-12-27-2)18(25)13-6-8-14(28-3)9-7-13/h6-9H,4-5,10-12,20H2,1-3H3,(H,21,24,26). The van der Waals surface area contributed by atoms with Crippen LogP contribution in [0.1, 0.15) is 30.1 Å². The summed E-state index contributed by atoms with van der Waals surface area (Å²) in [4.78, 5) is 41.3. The minimum atomic E-state index is -0.715. The number of carbonyl (C=O) groups excluding carboxylic acids is 1. The largest absolute Gasteiger partial charge is 0.497 e. The highest BCUT2D eigenvalue weighted by Crippen LogP contribution is 2.21. The molecule has 9 heteroatoms. The van der Waals surface area contributed by atoms with Crippen LogP contribution in [0.25, 0.3) is 0 Å². The number of anilines is 2. The van der Waals surface area contributed by atoms with E-state index in [0.29, 0.717) is 24.3 Å². The second-order valence-electron chi connectivity index (χ2n) is 6.18. The number of nitrogens with two attached hydrogens (primary N) is 1. The van der Waals surface area contributed by atoms with Crippen LogP contribution in [0.2, 0.25) is 0 Å². The minimum absolute atomic E-state index is 0.0415. The molecule has 9 nitrogen and oxygen atoms in total. The Labute approximate surface area is 162 Å². The maximum Gasteiger partial charge on any atom is 0.330 e. The van der Waals surface area contributed by atoms with E-state index in [1.807, 2.05) is 6.92 Å². The highest BCUT2D eigenvalue weighted by atomic mass is 16.5. The van der Waals surface area contributed by atoms with Crippen molar-refractivity contribution in [2.45, 2.75) is 26.3 Å². The zero-order valence-corrected chi connectivity index (χ0v) is 16.4. The van der Waals surface area contributed by atoms with Crippen LogP contribution in [-0.4, -0.2) is 42.8 Å². The van der Waals surface area contributed by atoms with Gasteiger partial charge in [0.15, 0.2) is 5.69 Å². The van der Waals surface area contributed by atoms with Gasteiger partial charge in [0.25, 0.3) is 11.5 Å². The van der Waals surface area contributed by atoms with E-state index in [2.05, 4.69) is 4.98 Å². The number of hydrogen-bond donors (Lipinski definition) is 2. The van der Waals surface area contributed by atoms with Crippen molar-refractivity contribution in [3.05, 3.63) is 50.7 Å². The Hall–Kier alpha value is -3.07. The van der Waals surface area contributed by atoms with Crippen LogP contribution in [0.4, 0.5) is 11.5 Å². The van der Waals surface area contributed by atoms with E-state index in [4.69, 9.17) is 15.2 Å². The van der Waals surface area contributed by atoms with E-state index >= 15 is 0 Å². The van der Waals surface area contributed by atoms with Gasteiger partial charge in [-0.1, -0.05) is 13.3 Å². The normalized spacial score (nSPS) is 10.7. The fraction of sp³-hybridized carbons (Fsp3) is 0.421. The quantitative estimate of drug-likeness (QED) is 0.664. The van der Waals surface area contributed by atoms with Crippen LogP contribution in [0.15, 0.2) is 33.9 Å². The molecule has 1 aromatic heterocycles. The van der Waals surface area contributed by atoms with Crippen molar-refractivity contribution >= 4 is 17.4 Å². The number of ether oxygens (including phenoxy) is 2. The Kier molecular flexibility index (Phi) is 7.39. The SMILES string of the molecule is CCCCn1c(N)c(N(CCOC)C(=O)c2ccc(OC)cc2)c(=O)[nH]c1=O. The molecule has 1 aromatic carbocycles. The predicted molar refractivity (Wildman–Crippen MR) is 107 cm³/mol. The van der Waals surface area contributed by atoms with E-state index in [-0.39, 0.29) is 24.7 Å². The number of benzene rings is 1. The molecule has 28 heavy (non-hydrogen) atoms. The molecule has 1 amide bonds. The predicted octanol–water partition coefficient (Wildman–Crippen LogP) is 1.22. The number of hydrogen-bond acceptors (Lipinski definition) is 6. The van der Waals surface area contributed by atoms with E-state index < -0.39 is 17.2 Å². The van der Waals surface area contributed by atoms with Gasteiger partial charge in [-0.15, -0.1) is 0 Å². The summed E-state index contributed by atoms with van der Waals surface area (Å²) in [5, 5.41) is 0. The molecule has 0 atom stereocenters. The molecule has 0 saturated heterocycles. The first-order valence-electron chi connectivity index (χ1n) is 9.02. The summed E-state index contributed by atoms with van der Waals surface area (Å²) in [6.07, 6.45) is 1.55. The Morgan fingerprint density at radius 1 is 1.21 bits per heavy atom. The third-order valence-electron chi connectivity index (χ3n) is 4.32. The number of unbranched alkanes of at least 4 members (excludes halogenated alkanes) is 1. The number of H-pyrrole nitrogens is 1. The van der Waals surface area contributed by atoms with Gasteiger partial charge in [0.2, 0.25) is 0 Å². The second kappa shape index (κ2) is 9.75. The highest BCUT2D eigenvalue weighted by Gasteiger charge is 2.25. The molecule has 0 spiro atoms. The smallest absolute Gasteiger partial charge is 0.330 e. The summed E-state index contributed by atoms with van der Waals surface area (Å²) in [7, 11) is 3.02. The maximum atomic E-state index is 13.1. The molecule has 0 radical (unpaired) electrons. The number of aromatic amines is 1. The molecular weight excluding hydrogens is 364 g/mol. The summed E-state index contributed by atoms with van der Waals surface area (Å²) >= 11 is 0. The van der Waals surface area contributed by atoms with E-state index in [1.54, 1.807) is 24.3 Å². The number of nitrogens with one attached hydrogen (secondary N) is 1. The Balaban J connectivity index is 2.53. The summed E-state index contributed by atoms with van der Waals surface area (Å²) in [5.74, 6) is 0.128. The Morgan fingerprint density at radius 2 is 1.89 bits per heavy atom. The van der Waals surface area contributed by atoms with Crippen LogP contribution in [0.3, 0.4) is 0 Å². The molecule has 152 valence electrons. The Bertz CT molecular complexity index is 917. The molecule has 0 aliphatic carbocycles. The number of carbonyl (C=O) groups is 1. The van der Waals surface area contributed by atoms with Crippen LogP contribution in [-0.2, 0) is 11.3 Å². The molecule has 0 saturated carbocycles. The van der Waals surface area contributed by atoms with Crippen LogP contribution in [0, 0.1) is 0 Å². The molecule has 3 N–H and O–H groups in total. The number of amides is 1. The molecular formula is C19H26N4O5. The zero-order valence-electron chi connectivity index (χ0n) is 16.4. The van der Waals surface area contributed by atoms with Gasteiger partial charge in [-0.05, 0) is 30.7 Å². The first-order chi connectivity index (χ1) is 13.4. The number of methoxy groups -OCH3 is 2. The van der Waals surface area contributed by atoms with E-state index in [0.717, 1.165) is 6.42 Å². The summed E-state index contributed by atoms with van der Waals surface area (Å²) < 4.78 is 11.5. The van der Waals surface area contributed by atoms with Crippen LogP contribution in [0.5, 0.6) is 5.75 Å². The lowest BCUT2D eigenvalue weighted by Crippen LogP contribution is -2.42.